The SMILES string of the molecule is CC(=O)c1ccc(NC(=O)CCCN2C(=O)C(=Cc3ccc4c(c3)OCO4)SC2=S)cc1. The molecule has 0 saturated carbocycles. The van der Waals surface area contributed by atoms with E-state index in [-0.39, 0.29) is 30.8 Å². The van der Waals surface area contributed by atoms with E-state index >= 15 is 0 Å². The van der Waals surface area contributed by atoms with Crippen LogP contribution in [-0.4, -0.2) is 40.2 Å². The van der Waals surface area contributed by atoms with Crippen molar-refractivity contribution < 1.29 is 23.9 Å². The normalized spacial score (nSPS) is 16.0. The third-order valence-corrected chi connectivity index (χ3v) is 6.31. The zero-order chi connectivity index (χ0) is 22.7. The number of fused-ring (bicyclic) bond motifs is 1. The highest BCUT2D eigenvalue weighted by Gasteiger charge is 2.31. The Morgan fingerprint density at radius 3 is 2.66 bits per heavy atom. The first-order valence-electron chi connectivity index (χ1n) is 9.96. The van der Waals surface area contributed by atoms with Crippen LogP contribution in [0.5, 0.6) is 11.5 Å². The molecule has 0 unspecified atom stereocenters. The van der Waals surface area contributed by atoms with Crippen LogP contribution in [0.25, 0.3) is 6.08 Å². The maximum atomic E-state index is 12.8. The molecule has 2 aromatic rings. The Morgan fingerprint density at radius 1 is 1.16 bits per heavy atom. The zero-order valence-corrected chi connectivity index (χ0v) is 18.9. The number of nitrogens with one attached hydrogen (secondary N) is 1. The molecule has 0 radical (unpaired) electrons. The molecule has 0 aromatic heterocycles. The van der Waals surface area contributed by atoms with E-state index < -0.39 is 0 Å². The highest BCUT2D eigenvalue weighted by Crippen LogP contribution is 2.36. The number of amides is 2. The first kappa shape index (κ1) is 22.0. The van der Waals surface area contributed by atoms with Gasteiger partial charge in [0.05, 0.1) is 4.91 Å². The van der Waals surface area contributed by atoms with Gasteiger partial charge >= 0.3 is 0 Å². The van der Waals surface area contributed by atoms with Crippen molar-refractivity contribution in [2.45, 2.75) is 19.8 Å². The topological polar surface area (TPSA) is 84.9 Å². The maximum absolute atomic E-state index is 12.8. The van der Waals surface area contributed by atoms with Crippen molar-refractivity contribution in [1.82, 2.24) is 4.90 Å². The monoisotopic (exact) mass is 468 g/mol. The molecule has 1 N–H and O–H groups in total. The van der Waals surface area contributed by atoms with Crippen molar-refractivity contribution >= 4 is 57.7 Å². The van der Waals surface area contributed by atoms with Crippen molar-refractivity contribution in [1.29, 1.82) is 0 Å². The number of thiocarbonyl (C=S) groups is 1. The molecule has 0 bridgehead atoms. The number of hydrogen-bond donors (Lipinski definition) is 1. The van der Waals surface area contributed by atoms with E-state index in [1.54, 1.807) is 36.4 Å². The molecule has 0 aliphatic carbocycles. The molecule has 0 atom stereocenters. The molecule has 2 amide bonds. The van der Waals surface area contributed by atoms with Crippen LogP contribution >= 0.6 is 24.0 Å². The molecule has 32 heavy (non-hydrogen) atoms. The van der Waals surface area contributed by atoms with Crippen LogP contribution in [0.1, 0.15) is 35.7 Å². The summed E-state index contributed by atoms with van der Waals surface area (Å²) in [7, 11) is 0. The lowest BCUT2D eigenvalue weighted by Gasteiger charge is -2.14. The van der Waals surface area contributed by atoms with Gasteiger partial charge in [-0.05, 0) is 61.4 Å². The van der Waals surface area contributed by atoms with Gasteiger partial charge in [-0.2, -0.15) is 0 Å². The Hall–Kier alpha value is -3.17. The van der Waals surface area contributed by atoms with Crippen LogP contribution in [0, 0.1) is 0 Å². The highest BCUT2D eigenvalue weighted by atomic mass is 32.2. The first-order valence-corrected chi connectivity index (χ1v) is 11.2. The number of carbonyl (C=O) groups is 3. The number of benzene rings is 2. The van der Waals surface area contributed by atoms with E-state index in [9.17, 15) is 14.4 Å². The quantitative estimate of drug-likeness (QED) is 0.370. The summed E-state index contributed by atoms with van der Waals surface area (Å²) in [5.41, 5.74) is 2.04. The molecule has 1 saturated heterocycles. The van der Waals surface area contributed by atoms with E-state index in [2.05, 4.69) is 5.32 Å². The minimum atomic E-state index is -0.169. The van der Waals surface area contributed by atoms with Gasteiger partial charge in [0.1, 0.15) is 4.32 Å². The summed E-state index contributed by atoms with van der Waals surface area (Å²) < 4.78 is 11.2. The number of thioether (sulfide) groups is 1. The van der Waals surface area contributed by atoms with Gasteiger partial charge in [0.2, 0.25) is 12.7 Å². The number of ether oxygens (including phenoxy) is 2. The Morgan fingerprint density at radius 2 is 1.91 bits per heavy atom. The minimum Gasteiger partial charge on any atom is -0.454 e. The summed E-state index contributed by atoms with van der Waals surface area (Å²) in [6, 6.07) is 12.2. The van der Waals surface area contributed by atoms with Gasteiger partial charge in [-0.3, -0.25) is 19.3 Å². The van der Waals surface area contributed by atoms with Crippen LogP contribution in [0.2, 0.25) is 0 Å². The second-order valence-corrected chi connectivity index (χ2v) is 8.91. The van der Waals surface area contributed by atoms with E-state index in [0.29, 0.717) is 44.9 Å². The van der Waals surface area contributed by atoms with Gasteiger partial charge in [0.15, 0.2) is 17.3 Å². The van der Waals surface area contributed by atoms with Gasteiger partial charge in [0, 0.05) is 24.2 Å². The molecule has 9 heteroatoms. The van der Waals surface area contributed by atoms with Crippen LogP contribution < -0.4 is 14.8 Å². The second kappa shape index (κ2) is 9.54. The van der Waals surface area contributed by atoms with Gasteiger partial charge in [-0.15, -0.1) is 0 Å². The number of hydrogen-bond acceptors (Lipinski definition) is 7. The molecule has 2 aliphatic rings. The van der Waals surface area contributed by atoms with Crippen LogP contribution in [-0.2, 0) is 9.59 Å². The van der Waals surface area contributed by atoms with Crippen LogP contribution in [0.3, 0.4) is 0 Å². The van der Waals surface area contributed by atoms with Crippen molar-refractivity contribution in [3.8, 4) is 11.5 Å². The van der Waals surface area contributed by atoms with Gasteiger partial charge in [-0.1, -0.05) is 30.0 Å². The Balaban J connectivity index is 1.30. The number of carbonyl (C=O) groups excluding carboxylic acids is 3. The molecule has 2 aromatic carbocycles. The lowest BCUT2D eigenvalue weighted by Crippen LogP contribution is -2.29. The largest absolute Gasteiger partial charge is 0.454 e. The lowest BCUT2D eigenvalue weighted by molar-refractivity contribution is -0.122. The summed E-state index contributed by atoms with van der Waals surface area (Å²) in [5.74, 6) is 0.970. The average molecular weight is 469 g/mol. The smallest absolute Gasteiger partial charge is 0.266 e. The van der Waals surface area contributed by atoms with E-state index in [1.807, 2.05) is 12.1 Å². The molecule has 164 valence electrons. The van der Waals surface area contributed by atoms with E-state index in [1.165, 1.54) is 23.6 Å². The fourth-order valence-corrected chi connectivity index (χ4v) is 4.57. The summed E-state index contributed by atoms with van der Waals surface area (Å²) in [4.78, 5) is 38.4. The summed E-state index contributed by atoms with van der Waals surface area (Å²) in [6.07, 6.45) is 2.49. The van der Waals surface area contributed by atoms with E-state index in [0.717, 1.165) is 5.56 Å². The lowest BCUT2D eigenvalue weighted by atomic mass is 10.1. The van der Waals surface area contributed by atoms with Gasteiger partial charge in [0.25, 0.3) is 5.91 Å². The highest BCUT2D eigenvalue weighted by molar-refractivity contribution is 8.26. The van der Waals surface area contributed by atoms with Crippen LogP contribution in [0.4, 0.5) is 5.69 Å². The maximum Gasteiger partial charge on any atom is 0.266 e. The van der Waals surface area contributed by atoms with Crippen molar-refractivity contribution in [3.05, 3.63) is 58.5 Å². The molecule has 0 spiro atoms. The Labute approximate surface area is 194 Å². The molecule has 2 aliphatic heterocycles. The molecular weight excluding hydrogens is 448 g/mol. The molecule has 1 fully saturated rings. The summed E-state index contributed by atoms with van der Waals surface area (Å²) >= 11 is 6.61. The number of Topliss-reactive ketones (excluding diaryl/α,β-unsaturated/α-hetero) is 1. The third kappa shape index (κ3) is 5.00. The Bertz CT molecular complexity index is 1130. The molecular formula is C23H20N2O5S2. The van der Waals surface area contributed by atoms with E-state index in [4.69, 9.17) is 21.7 Å². The fraction of sp³-hybridized carbons (Fsp3) is 0.217. The van der Waals surface area contributed by atoms with Gasteiger partial charge in [-0.25, -0.2) is 0 Å². The predicted octanol–water partition coefficient (Wildman–Crippen LogP) is 4.24. The molecule has 4 rings (SSSR count). The van der Waals surface area contributed by atoms with Crippen molar-refractivity contribution in [2.75, 3.05) is 18.7 Å². The number of ketones is 1. The van der Waals surface area contributed by atoms with Crippen LogP contribution in [0.15, 0.2) is 47.4 Å². The number of nitrogens with zero attached hydrogens (tertiary/aromatic N) is 1. The molecule has 7 nitrogen and oxygen atoms in total. The number of rotatable bonds is 7. The average Bonchev–Trinajstić information content (AvgIpc) is 3.33. The van der Waals surface area contributed by atoms with Crippen molar-refractivity contribution in [3.63, 3.8) is 0 Å². The van der Waals surface area contributed by atoms with Crippen molar-refractivity contribution in [2.24, 2.45) is 0 Å². The first-order chi connectivity index (χ1) is 15.4. The standard InChI is InChI=1S/C23H20N2O5S2/c1-14(26)16-5-7-17(8-6-16)24-21(27)3-2-10-25-22(28)20(32-23(25)31)12-15-4-9-18-19(11-15)30-13-29-18/h4-9,11-12H,2-3,10,13H2,1H3,(H,24,27). The summed E-state index contributed by atoms with van der Waals surface area (Å²) in [6.45, 7) is 2.05. The predicted molar refractivity (Wildman–Crippen MR) is 127 cm³/mol. The zero-order valence-electron chi connectivity index (χ0n) is 17.3. The number of anilines is 1. The third-order valence-electron chi connectivity index (χ3n) is 4.93. The minimum absolute atomic E-state index is 0.0288. The summed E-state index contributed by atoms with van der Waals surface area (Å²) in [5, 5.41) is 2.79. The molecule has 2 heterocycles. The fourth-order valence-electron chi connectivity index (χ4n) is 3.26. The second-order valence-electron chi connectivity index (χ2n) is 7.23. The van der Waals surface area contributed by atoms with Gasteiger partial charge < -0.3 is 14.8 Å². The Kier molecular flexibility index (Phi) is 6.57.